The van der Waals surface area contributed by atoms with Crippen molar-refractivity contribution in [1.82, 2.24) is 0 Å². The molecular formula is C14H23NO2. The average Bonchev–Trinajstić information content (AvgIpc) is 2.36. The van der Waals surface area contributed by atoms with E-state index >= 15 is 0 Å². The highest BCUT2D eigenvalue weighted by Gasteiger charge is 2.15. The van der Waals surface area contributed by atoms with Crippen molar-refractivity contribution in [2.75, 3.05) is 20.8 Å². The Bertz CT molecular complexity index is 328. The van der Waals surface area contributed by atoms with Crippen molar-refractivity contribution < 1.29 is 9.47 Å². The Balaban J connectivity index is 2.57. The number of hydrogen-bond donors (Lipinski definition) is 1. The fourth-order valence-electron chi connectivity index (χ4n) is 1.84. The lowest BCUT2D eigenvalue weighted by Gasteiger charge is -2.20. The number of para-hydroxylation sites is 1. The second-order valence-corrected chi connectivity index (χ2v) is 4.44. The van der Waals surface area contributed by atoms with Crippen molar-refractivity contribution in [2.24, 2.45) is 11.7 Å². The van der Waals surface area contributed by atoms with Crippen molar-refractivity contribution >= 4 is 0 Å². The standard InChI is InChI=1S/C14H23NO2/c1-11(8-9-16-2)13(15)10-12-6-4-5-7-14(12)17-3/h4-7,11,13H,8-10,15H2,1-3H3. The molecule has 0 aromatic heterocycles. The smallest absolute Gasteiger partial charge is 0.122 e. The molecule has 0 aliphatic heterocycles. The summed E-state index contributed by atoms with van der Waals surface area (Å²) in [5.41, 5.74) is 7.38. The van der Waals surface area contributed by atoms with Crippen LogP contribution in [0.3, 0.4) is 0 Å². The Morgan fingerprint density at radius 1 is 1.24 bits per heavy atom. The number of rotatable bonds is 7. The zero-order valence-corrected chi connectivity index (χ0v) is 11.0. The first-order chi connectivity index (χ1) is 8.19. The summed E-state index contributed by atoms with van der Waals surface area (Å²) >= 11 is 0. The van der Waals surface area contributed by atoms with Crippen LogP contribution >= 0.6 is 0 Å². The number of nitrogens with two attached hydrogens (primary N) is 1. The van der Waals surface area contributed by atoms with Gasteiger partial charge in [0.2, 0.25) is 0 Å². The topological polar surface area (TPSA) is 44.5 Å². The van der Waals surface area contributed by atoms with Crippen LogP contribution in [0, 0.1) is 5.92 Å². The van der Waals surface area contributed by atoms with E-state index in [4.69, 9.17) is 15.2 Å². The largest absolute Gasteiger partial charge is 0.496 e. The van der Waals surface area contributed by atoms with E-state index in [1.807, 2.05) is 18.2 Å². The fourth-order valence-corrected chi connectivity index (χ4v) is 1.84. The summed E-state index contributed by atoms with van der Waals surface area (Å²) < 4.78 is 10.4. The molecule has 0 bridgehead atoms. The average molecular weight is 237 g/mol. The van der Waals surface area contributed by atoms with E-state index in [1.54, 1.807) is 14.2 Å². The SMILES string of the molecule is COCCC(C)C(N)Cc1ccccc1OC. The molecule has 0 heterocycles. The van der Waals surface area contributed by atoms with Crippen LogP contribution in [0.5, 0.6) is 5.75 Å². The second-order valence-electron chi connectivity index (χ2n) is 4.44. The molecule has 0 fully saturated rings. The molecule has 1 aromatic rings. The van der Waals surface area contributed by atoms with Crippen LogP contribution < -0.4 is 10.5 Å². The van der Waals surface area contributed by atoms with Gasteiger partial charge in [-0.1, -0.05) is 25.1 Å². The summed E-state index contributed by atoms with van der Waals surface area (Å²) in [6.45, 7) is 2.93. The summed E-state index contributed by atoms with van der Waals surface area (Å²) in [5.74, 6) is 1.36. The van der Waals surface area contributed by atoms with Gasteiger partial charge in [-0.25, -0.2) is 0 Å². The van der Waals surface area contributed by atoms with Crippen LogP contribution in [0.4, 0.5) is 0 Å². The van der Waals surface area contributed by atoms with Crippen molar-refractivity contribution in [3.05, 3.63) is 29.8 Å². The minimum atomic E-state index is 0.140. The summed E-state index contributed by atoms with van der Waals surface area (Å²) in [4.78, 5) is 0. The van der Waals surface area contributed by atoms with Crippen molar-refractivity contribution in [2.45, 2.75) is 25.8 Å². The molecule has 0 saturated carbocycles. The lowest BCUT2D eigenvalue weighted by molar-refractivity contribution is 0.174. The van der Waals surface area contributed by atoms with Gasteiger partial charge in [-0.15, -0.1) is 0 Å². The molecule has 1 aromatic carbocycles. The zero-order chi connectivity index (χ0) is 12.7. The Labute approximate surface area is 104 Å². The van der Waals surface area contributed by atoms with Crippen molar-refractivity contribution in [1.29, 1.82) is 0 Å². The molecule has 2 atom stereocenters. The molecule has 0 radical (unpaired) electrons. The summed E-state index contributed by atoms with van der Waals surface area (Å²) in [6, 6.07) is 8.18. The zero-order valence-electron chi connectivity index (χ0n) is 11.0. The fraction of sp³-hybridized carbons (Fsp3) is 0.571. The third kappa shape index (κ3) is 4.36. The maximum Gasteiger partial charge on any atom is 0.122 e. The summed E-state index contributed by atoms with van der Waals surface area (Å²) in [6.07, 6.45) is 1.84. The number of ether oxygens (including phenoxy) is 2. The molecular weight excluding hydrogens is 214 g/mol. The van der Waals surface area contributed by atoms with Crippen LogP contribution in [-0.2, 0) is 11.2 Å². The van der Waals surface area contributed by atoms with Crippen LogP contribution in [0.1, 0.15) is 18.9 Å². The van der Waals surface area contributed by atoms with Crippen molar-refractivity contribution in [3.8, 4) is 5.75 Å². The monoisotopic (exact) mass is 237 g/mol. The predicted molar refractivity (Wildman–Crippen MR) is 70.3 cm³/mol. The van der Waals surface area contributed by atoms with Gasteiger partial charge < -0.3 is 15.2 Å². The van der Waals surface area contributed by atoms with Gasteiger partial charge in [0.25, 0.3) is 0 Å². The molecule has 3 heteroatoms. The van der Waals surface area contributed by atoms with Gasteiger partial charge in [0, 0.05) is 19.8 Å². The van der Waals surface area contributed by atoms with Crippen molar-refractivity contribution in [3.63, 3.8) is 0 Å². The Morgan fingerprint density at radius 3 is 2.59 bits per heavy atom. The molecule has 0 saturated heterocycles. The first kappa shape index (κ1) is 14.0. The van der Waals surface area contributed by atoms with E-state index < -0.39 is 0 Å². The molecule has 96 valence electrons. The van der Waals surface area contributed by atoms with Gasteiger partial charge in [-0.05, 0) is 30.4 Å². The highest BCUT2D eigenvalue weighted by atomic mass is 16.5. The van der Waals surface area contributed by atoms with Gasteiger partial charge in [0.15, 0.2) is 0 Å². The van der Waals surface area contributed by atoms with Crippen LogP contribution in [-0.4, -0.2) is 26.9 Å². The van der Waals surface area contributed by atoms with Crippen LogP contribution in [0.15, 0.2) is 24.3 Å². The molecule has 0 aliphatic carbocycles. The molecule has 0 amide bonds. The van der Waals surface area contributed by atoms with Crippen LogP contribution in [0.25, 0.3) is 0 Å². The molecule has 3 nitrogen and oxygen atoms in total. The normalized spacial score (nSPS) is 14.4. The number of methoxy groups -OCH3 is 2. The van der Waals surface area contributed by atoms with E-state index in [2.05, 4.69) is 13.0 Å². The minimum Gasteiger partial charge on any atom is -0.496 e. The van der Waals surface area contributed by atoms with E-state index in [0.717, 1.165) is 25.2 Å². The third-order valence-electron chi connectivity index (χ3n) is 3.16. The van der Waals surface area contributed by atoms with Crippen LogP contribution in [0.2, 0.25) is 0 Å². The second kappa shape index (κ2) is 7.30. The third-order valence-corrected chi connectivity index (χ3v) is 3.16. The predicted octanol–water partition coefficient (Wildman–Crippen LogP) is 2.24. The number of hydrogen-bond acceptors (Lipinski definition) is 3. The summed E-state index contributed by atoms with van der Waals surface area (Å²) in [5, 5.41) is 0. The Kier molecular flexibility index (Phi) is 6.01. The molecule has 1 rings (SSSR count). The summed E-state index contributed by atoms with van der Waals surface area (Å²) in [7, 11) is 3.41. The first-order valence-corrected chi connectivity index (χ1v) is 6.05. The van der Waals surface area contributed by atoms with Gasteiger partial charge in [-0.2, -0.15) is 0 Å². The first-order valence-electron chi connectivity index (χ1n) is 6.05. The van der Waals surface area contributed by atoms with E-state index in [1.165, 1.54) is 5.56 Å². The molecule has 17 heavy (non-hydrogen) atoms. The van der Waals surface area contributed by atoms with E-state index in [9.17, 15) is 0 Å². The van der Waals surface area contributed by atoms with Gasteiger partial charge in [-0.3, -0.25) is 0 Å². The van der Waals surface area contributed by atoms with Gasteiger partial charge >= 0.3 is 0 Å². The quantitative estimate of drug-likeness (QED) is 0.791. The van der Waals surface area contributed by atoms with E-state index in [-0.39, 0.29) is 6.04 Å². The molecule has 2 N–H and O–H groups in total. The molecule has 0 spiro atoms. The maximum absolute atomic E-state index is 6.20. The minimum absolute atomic E-state index is 0.140. The molecule has 2 unspecified atom stereocenters. The lowest BCUT2D eigenvalue weighted by atomic mass is 9.93. The Hall–Kier alpha value is -1.06. The maximum atomic E-state index is 6.20. The van der Waals surface area contributed by atoms with E-state index in [0.29, 0.717) is 5.92 Å². The molecule has 0 aliphatic rings. The highest BCUT2D eigenvalue weighted by Crippen LogP contribution is 2.21. The highest BCUT2D eigenvalue weighted by molar-refractivity contribution is 5.33. The number of benzene rings is 1. The van der Waals surface area contributed by atoms with Gasteiger partial charge in [0.05, 0.1) is 7.11 Å². The lowest BCUT2D eigenvalue weighted by Crippen LogP contribution is -2.31. The van der Waals surface area contributed by atoms with Gasteiger partial charge in [0.1, 0.15) is 5.75 Å². The Morgan fingerprint density at radius 2 is 1.94 bits per heavy atom.